The molecule has 1 N–H and O–H groups in total. The summed E-state index contributed by atoms with van der Waals surface area (Å²) in [6.07, 6.45) is 4.87. The molecular formula is C16H25NO2S. The second-order valence-corrected chi connectivity index (χ2v) is 8.52. The fraction of sp³-hybridized carbons (Fsp3) is 0.625. The molecular weight excluding hydrogens is 270 g/mol. The van der Waals surface area contributed by atoms with Gasteiger partial charge in [0.15, 0.2) is 9.84 Å². The molecule has 0 aliphatic heterocycles. The lowest BCUT2D eigenvalue weighted by molar-refractivity contribution is 0.281. The van der Waals surface area contributed by atoms with Crippen LogP contribution in [0, 0.1) is 18.8 Å². The molecule has 0 aromatic heterocycles. The fourth-order valence-electron chi connectivity index (χ4n) is 3.27. The molecule has 1 aromatic rings. The highest BCUT2D eigenvalue weighted by atomic mass is 32.2. The maximum atomic E-state index is 11.7. The molecule has 1 aromatic carbocycles. The third-order valence-corrected chi connectivity index (χ3v) is 5.29. The minimum absolute atomic E-state index is 0.391. The third kappa shape index (κ3) is 3.75. The molecule has 1 aliphatic rings. The lowest BCUT2D eigenvalue weighted by atomic mass is 9.80. The third-order valence-electron chi connectivity index (χ3n) is 4.18. The van der Waals surface area contributed by atoms with Crippen molar-refractivity contribution in [2.75, 3.05) is 11.6 Å². The molecule has 0 radical (unpaired) electrons. The van der Waals surface area contributed by atoms with Crippen LogP contribution in [-0.4, -0.2) is 20.7 Å². The van der Waals surface area contributed by atoms with Crippen LogP contribution in [0.5, 0.6) is 0 Å². The number of rotatable bonds is 3. The van der Waals surface area contributed by atoms with Gasteiger partial charge in [0.1, 0.15) is 0 Å². The van der Waals surface area contributed by atoms with Crippen molar-refractivity contribution in [2.45, 2.75) is 51.0 Å². The summed E-state index contributed by atoms with van der Waals surface area (Å²) in [5.74, 6) is 1.46. The second kappa shape index (κ2) is 5.76. The molecule has 2 rings (SSSR count). The summed E-state index contributed by atoms with van der Waals surface area (Å²) < 4.78 is 23.3. The van der Waals surface area contributed by atoms with E-state index < -0.39 is 9.84 Å². The summed E-state index contributed by atoms with van der Waals surface area (Å²) in [5.41, 5.74) is 2.06. The first kappa shape index (κ1) is 15.4. The molecule has 0 saturated heterocycles. The predicted octanol–water partition coefficient (Wildman–Crippen LogP) is 3.64. The summed E-state index contributed by atoms with van der Waals surface area (Å²) in [4.78, 5) is 0.391. The van der Waals surface area contributed by atoms with Crippen molar-refractivity contribution in [2.24, 2.45) is 11.8 Å². The first-order valence-electron chi connectivity index (χ1n) is 7.33. The molecule has 0 amide bonds. The second-order valence-electron chi connectivity index (χ2n) is 6.51. The maximum Gasteiger partial charge on any atom is 0.175 e. The number of anilines is 1. The van der Waals surface area contributed by atoms with Crippen LogP contribution in [-0.2, 0) is 9.84 Å². The van der Waals surface area contributed by atoms with E-state index in [2.05, 4.69) is 19.2 Å². The minimum Gasteiger partial charge on any atom is -0.382 e. The van der Waals surface area contributed by atoms with Crippen LogP contribution < -0.4 is 5.32 Å². The van der Waals surface area contributed by atoms with Crippen molar-refractivity contribution in [3.05, 3.63) is 23.8 Å². The zero-order valence-electron chi connectivity index (χ0n) is 12.8. The molecule has 2 atom stereocenters. The summed E-state index contributed by atoms with van der Waals surface area (Å²) in [5, 5.41) is 3.56. The maximum absolute atomic E-state index is 11.7. The molecule has 0 bridgehead atoms. The Balaban J connectivity index is 2.20. The lowest BCUT2D eigenvalue weighted by Gasteiger charge is -2.33. The highest BCUT2D eigenvalue weighted by Gasteiger charge is 2.24. The van der Waals surface area contributed by atoms with E-state index in [1.807, 2.05) is 13.0 Å². The fourth-order valence-corrected chi connectivity index (χ4v) is 3.92. The van der Waals surface area contributed by atoms with Crippen LogP contribution >= 0.6 is 0 Å². The van der Waals surface area contributed by atoms with Gasteiger partial charge in [0.05, 0.1) is 4.90 Å². The Morgan fingerprint density at radius 2 is 1.70 bits per heavy atom. The highest BCUT2D eigenvalue weighted by Crippen LogP contribution is 2.31. The van der Waals surface area contributed by atoms with Gasteiger partial charge in [-0.3, -0.25) is 0 Å². The summed E-state index contributed by atoms with van der Waals surface area (Å²) in [6.45, 7) is 6.61. The van der Waals surface area contributed by atoms with Crippen LogP contribution in [0.1, 0.15) is 38.7 Å². The van der Waals surface area contributed by atoms with Gasteiger partial charge in [0.2, 0.25) is 0 Å². The van der Waals surface area contributed by atoms with Crippen LogP contribution in [0.4, 0.5) is 5.69 Å². The smallest absolute Gasteiger partial charge is 0.175 e. The summed E-state index contributed by atoms with van der Waals surface area (Å²) >= 11 is 0. The standard InChI is InChI=1S/C16H25NO2S/c1-11-7-12(2)9-14(8-11)17-16-10-15(20(4,18)19)6-5-13(16)3/h5-6,10-12,14,17H,7-9H2,1-4H3. The van der Waals surface area contributed by atoms with E-state index in [-0.39, 0.29) is 0 Å². The highest BCUT2D eigenvalue weighted by molar-refractivity contribution is 7.90. The quantitative estimate of drug-likeness (QED) is 0.926. The Hall–Kier alpha value is -1.03. The van der Waals surface area contributed by atoms with Crippen molar-refractivity contribution < 1.29 is 8.42 Å². The number of nitrogens with one attached hydrogen (secondary N) is 1. The molecule has 0 heterocycles. The van der Waals surface area contributed by atoms with Gasteiger partial charge in [0, 0.05) is 18.0 Å². The van der Waals surface area contributed by atoms with E-state index in [0.29, 0.717) is 10.9 Å². The molecule has 20 heavy (non-hydrogen) atoms. The van der Waals surface area contributed by atoms with Crippen LogP contribution in [0.15, 0.2) is 23.1 Å². The van der Waals surface area contributed by atoms with E-state index in [1.165, 1.54) is 12.7 Å². The Morgan fingerprint density at radius 3 is 2.25 bits per heavy atom. The number of hydrogen-bond acceptors (Lipinski definition) is 3. The van der Waals surface area contributed by atoms with Gasteiger partial charge < -0.3 is 5.32 Å². The van der Waals surface area contributed by atoms with Crippen molar-refractivity contribution in [1.29, 1.82) is 0 Å². The number of benzene rings is 1. The van der Waals surface area contributed by atoms with E-state index >= 15 is 0 Å². The molecule has 1 aliphatic carbocycles. The Bertz CT molecular complexity index is 570. The Morgan fingerprint density at radius 1 is 1.10 bits per heavy atom. The molecule has 0 spiro atoms. The minimum atomic E-state index is -3.14. The van der Waals surface area contributed by atoms with E-state index in [4.69, 9.17) is 0 Å². The molecule has 4 heteroatoms. The van der Waals surface area contributed by atoms with Gasteiger partial charge in [-0.05, 0) is 55.7 Å². The van der Waals surface area contributed by atoms with Crippen molar-refractivity contribution in [3.8, 4) is 0 Å². The van der Waals surface area contributed by atoms with Gasteiger partial charge in [-0.1, -0.05) is 19.9 Å². The van der Waals surface area contributed by atoms with Gasteiger partial charge in [-0.2, -0.15) is 0 Å². The van der Waals surface area contributed by atoms with Crippen molar-refractivity contribution in [1.82, 2.24) is 0 Å². The molecule has 2 unspecified atom stereocenters. The number of hydrogen-bond donors (Lipinski definition) is 1. The van der Waals surface area contributed by atoms with Crippen LogP contribution in [0.2, 0.25) is 0 Å². The number of aryl methyl sites for hydroxylation is 1. The molecule has 1 saturated carbocycles. The molecule has 112 valence electrons. The largest absolute Gasteiger partial charge is 0.382 e. The van der Waals surface area contributed by atoms with Crippen LogP contribution in [0.3, 0.4) is 0 Å². The predicted molar refractivity (Wildman–Crippen MR) is 83.9 cm³/mol. The first-order chi connectivity index (χ1) is 9.25. The molecule has 1 fully saturated rings. The zero-order valence-corrected chi connectivity index (χ0v) is 13.6. The SMILES string of the molecule is Cc1ccc(S(C)(=O)=O)cc1NC1CC(C)CC(C)C1. The van der Waals surface area contributed by atoms with Crippen LogP contribution in [0.25, 0.3) is 0 Å². The van der Waals surface area contributed by atoms with E-state index in [9.17, 15) is 8.42 Å². The average Bonchev–Trinajstić information content (AvgIpc) is 2.29. The Kier molecular flexibility index (Phi) is 4.43. The molecule has 3 nitrogen and oxygen atoms in total. The monoisotopic (exact) mass is 295 g/mol. The van der Waals surface area contributed by atoms with Gasteiger partial charge in [-0.25, -0.2) is 8.42 Å². The van der Waals surface area contributed by atoms with Gasteiger partial charge >= 0.3 is 0 Å². The summed E-state index contributed by atoms with van der Waals surface area (Å²) in [7, 11) is -3.14. The van der Waals surface area contributed by atoms with Crippen molar-refractivity contribution >= 4 is 15.5 Å². The topological polar surface area (TPSA) is 46.2 Å². The van der Waals surface area contributed by atoms with E-state index in [1.54, 1.807) is 12.1 Å². The number of sulfone groups is 1. The Labute approximate surface area is 122 Å². The average molecular weight is 295 g/mol. The first-order valence-corrected chi connectivity index (χ1v) is 9.22. The lowest BCUT2D eigenvalue weighted by Crippen LogP contribution is -2.30. The normalized spacial score (nSPS) is 27.3. The summed E-state index contributed by atoms with van der Waals surface area (Å²) in [6, 6.07) is 5.78. The van der Waals surface area contributed by atoms with Gasteiger partial charge in [0.25, 0.3) is 0 Å². The van der Waals surface area contributed by atoms with Crippen molar-refractivity contribution in [3.63, 3.8) is 0 Å². The van der Waals surface area contributed by atoms with E-state index in [0.717, 1.165) is 35.9 Å². The zero-order chi connectivity index (χ0) is 14.9. The van der Waals surface area contributed by atoms with Gasteiger partial charge in [-0.15, -0.1) is 0 Å².